The van der Waals surface area contributed by atoms with Crippen molar-refractivity contribution in [2.45, 2.75) is 37.2 Å². The molecule has 15 nitrogen and oxygen atoms in total. The fourth-order valence-electron chi connectivity index (χ4n) is 2.41. The summed E-state index contributed by atoms with van der Waals surface area (Å²) in [6.07, 6.45) is -5.24. The number of carbonyl (C=O) groups is 1. The van der Waals surface area contributed by atoms with Crippen molar-refractivity contribution in [2.24, 2.45) is 5.11 Å². The van der Waals surface area contributed by atoms with Gasteiger partial charge in [0.15, 0.2) is 12.4 Å². The summed E-state index contributed by atoms with van der Waals surface area (Å²) in [7, 11) is -4.82. The highest BCUT2D eigenvalue weighted by Gasteiger charge is 2.57. The molecule has 0 aromatic carbocycles. The number of hydrogen-bond acceptors (Lipinski definition) is 9. The lowest BCUT2D eigenvalue weighted by molar-refractivity contribution is -0.138. The van der Waals surface area contributed by atoms with Crippen LogP contribution in [0.25, 0.3) is 10.4 Å². The molecule has 1 unspecified atom stereocenters. The largest absolute Gasteiger partial charge is 0.480 e. The Morgan fingerprint density at radius 3 is 2.93 bits per heavy atom. The van der Waals surface area contributed by atoms with Gasteiger partial charge in [0, 0.05) is 11.1 Å². The van der Waals surface area contributed by atoms with Gasteiger partial charge in [-0.3, -0.25) is 13.9 Å². The van der Waals surface area contributed by atoms with Gasteiger partial charge in [0.05, 0.1) is 6.61 Å². The summed E-state index contributed by atoms with van der Waals surface area (Å²) in [5.74, 6) is -1.63. The summed E-state index contributed by atoms with van der Waals surface area (Å²) in [5.41, 5.74) is 10.4. The highest BCUT2D eigenvalue weighted by Crippen LogP contribution is 2.45. The Balaban J connectivity index is 2.29. The average Bonchev–Trinajstić information content (AvgIpc) is 2.86. The van der Waals surface area contributed by atoms with Gasteiger partial charge in [-0.2, -0.15) is 4.98 Å². The molecule has 1 fully saturated rings. The number of halogens is 1. The van der Waals surface area contributed by atoms with Gasteiger partial charge in [-0.1, -0.05) is 5.11 Å². The number of aliphatic hydroxyl groups excluding tert-OH is 1. The molecule has 1 aromatic heterocycles. The van der Waals surface area contributed by atoms with E-state index in [9.17, 15) is 28.5 Å². The third-order valence-electron chi connectivity index (χ3n) is 3.86. The SMILES string of the molecule is C[C@H](NP(=O)(O)OC[C@@]1(N=[N+]=[N-])O[C@@H](n2ccc(N)nc2=O)[C@H](O)[C@@H]1F)C(=O)O. The summed E-state index contributed by atoms with van der Waals surface area (Å²) in [6.45, 7) is -0.155. The van der Waals surface area contributed by atoms with E-state index in [1.807, 2.05) is 0 Å². The molecule has 0 radical (unpaired) electrons. The standard InChI is InChI=1S/C12H17FN7O8P/c1-5(10(22)23)17-29(25,26)27-4-12(18-19-15)8(13)7(21)9(28-12)20-3-2-6(14)16-11(20)24/h2-3,5,7-9,21H,4H2,1H3,(H,22,23)(H2,14,16,24)(H2,17,25,26)/t5-,7+,8-,9+,12+/m0/s1. The van der Waals surface area contributed by atoms with Crippen molar-refractivity contribution in [2.75, 3.05) is 12.3 Å². The average molecular weight is 437 g/mol. The quantitative estimate of drug-likeness (QED) is 0.147. The lowest BCUT2D eigenvalue weighted by atomic mass is 10.1. The topological polar surface area (TPSA) is 235 Å². The maximum absolute atomic E-state index is 14.8. The van der Waals surface area contributed by atoms with Crippen LogP contribution in [0.1, 0.15) is 13.2 Å². The Bertz CT molecular complexity index is 939. The molecule has 1 aliphatic rings. The van der Waals surface area contributed by atoms with E-state index in [1.165, 1.54) is 0 Å². The van der Waals surface area contributed by atoms with Crippen molar-refractivity contribution in [1.82, 2.24) is 14.6 Å². The molecule has 0 amide bonds. The number of nitrogens with one attached hydrogen (secondary N) is 1. The first-order valence-electron chi connectivity index (χ1n) is 7.81. The van der Waals surface area contributed by atoms with Gasteiger partial charge in [-0.15, -0.1) is 0 Å². The molecule has 29 heavy (non-hydrogen) atoms. The second-order valence-electron chi connectivity index (χ2n) is 5.96. The van der Waals surface area contributed by atoms with Gasteiger partial charge in [-0.25, -0.2) is 18.8 Å². The predicted molar refractivity (Wildman–Crippen MR) is 91.8 cm³/mol. The molecule has 0 spiro atoms. The molecule has 17 heteroatoms. The van der Waals surface area contributed by atoms with Gasteiger partial charge in [0.1, 0.15) is 18.0 Å². The van der Waals surface area contributed by atoms with Crippen LogP contribution in [0.15, 0.2) is 22.2 Å². The number of azide groups is 1. The first kappa shape index (κ1) is 22.7. The number of nitrogens with zero attached hydrogens (tertiary/aromatic N) is 5. The first-order chi connectivity index (χ1) is 13.4. The van der Waals surface area contributed by atoms with Crippen molar-refractivity contribution in [3.63, 3.8) is 0 Å². The zero-order chi connectivity index (χ0) is 22.0. The molecule has 0 aliphatic carbocycles. The molecule has 6 N–H and O–H groups in total. The minimum absolute atomic E-state index is 0.153. The second-order valence-corrected chi connectivity index (χ2v) is 7.52. The second kappa shape index (κ2) is 8.42. The lowest BCUT2D eigenvalue weighted by Crippen LogP contribution is -2.43. The van der Waals surface area contributed by atoms with Crippen LogP contribution in [0.3, 0.4) is 0 Å². The van der Waals surface area contributed by atoms with Crippen molar-refractivity contribution < 1.29 is 38.1 Å². The van der Waals surface area contributed by atoms with Crippen LogP contribution in [-0.2, 0) is 18.6 Å². The Hall–Kier alpha value is -2.58. The van der Waals surface area contributed by atoms with Crippen LogP contribution in [0.5, 0.6) is 0 Å². The van der Waals surface area contributed by atoms with E-state index in [-0.39, 0.29) is 5.82 Å². The van der Waals surface area contributed by atoms with E-state index >= 15 is 0 Å². The number of rotatable bonds is 8. The van der Waals surface area contributed by atoms with Crippen molar-refractivity contribution in [3.05, 3.63) is 33.2 Å². The Morgan fingerprint density at radius 2 is 2.38 bits per heavy atom. The van der Waals surface area contributed by atoms with E-state index in [0.717, 1.165) is 19.2 Å². The number of anilines is 1. The Labute approximate surface area is 161 Å². The number of alkyl halides is 1. The summed E-state index contributed by atoms with van der Waals surface area (Å²) in [6, 6.07) is -0.349. The van der Waals surface area contributed by atoms with E-state index in [2.05, 4.69) is 19.5 Å². The van der Waals surface area contributed by atoms with E-state index in [1.54, 1.807) is 5.09 Å². The molecule has 1 aromatic rings. The van der Waals surface area contributed by atoms with Crippen LogP contribution < -0.4 is 16.5 Å². The minimum atomic E-state index is -4.82. The summed E-state index contributed by atoms with van der Waals surface area (Å²) >= 11 is 0. The Morgan fingerprint density at radius 1 is 1.72 bits per heavy atom. The van der Waals surface area contributed by atoms with Crippen molar-refractivity contribution in [1.29, 1.82) is 0 Å². The first-order valence-corrected chi connectivity index (χ1v) is 9.39. The lowest BCUT2D eigenvalue weighted by Gasteiger charge is -2.26. The summed E-state index contributed by atoms with van der Waals surface area (Å²) in [5, 5.41) is 23.7. The van der Waals surface area contributed by atoms with Crippen LogP contribution in [0.2, 0.25) is 0 Å². The van der Waals surface area contributed by atoms with E-state index in [4.69, 9.17) is 21.1 Å². The minimum Gasteiger partial charge on any atom is -0.480 e. The predicted octanol–water partition coefficient (Wildman–Crippen LogP) is -0.760. The third-order valence-corrected chi connectivity index (χ3v) is 5.05. The van der Waals surface area contributed by atoms with Gasteiger partial charge in [-0.05, 0) is 18.5 Å². The van der Waals surface area contributed by atoms with E-state index in [0.29, 0.717) is 4.57 Å². The number of nitrogen functional groups attached to an aromatic ring is 1. The molecule has 0 bridgehead atoms. The highest BCUT2D eigenvalue weighted by atomic mass is 31.2. The normalized spacial score (nSPS) is 29.6. The molecule has 160 valence electrons. The number of aromatic nitrogens is 2. The third kappa shape index (κ3) is 4.89. The molecular formula is C12H17FN7O8P. The van der Waals surface area contributed by atoms with Gasteiger partial charge in [0.2, 0.25) is 5.72 Å². The van der Waals surface area contributed by atoms with E-state index < -0.39 is 56.3 Å². The molecule has 1 aliphatic heterocycles. The molecule has 0 saturated carbocycles. The monoisotopic (exact) mass is 437 g/mol. The fraction of sp³-hybridized carbons (Fsp3) is 0.583. The zero-order valence-corrected chi connectivity index (χ0v) is 15.6. The number of carboxylic acids is 1. The summed E-state index contributed by atoms with van der Waals surface area (Å²) < 4.78 is 37.2. The van der Waals surface area contributed by atoms with Crippen LogP contribution in [0.4, 0.5) is 10.2 Å². The number of aliphatic hydroxyl groups is 1. The zero-order valence-electron chi connectivity index (χ0n) is 14.7. The number of carboxylic acid groups (broad SMARTS) is 1. The van der Waals surface area contributed by atoms with Gasteiger partial charge < -0.3 is 25.6 Å². The smallest absolute Gasteiger partial charge is 0.403 e. The summed E-state index contributed by atoms with van der Waals surface area (Å²) in [4.78, 5) is 38.2. The Kier molecular flexibility index (Phi) is 6.60. The number of aliphatic carboxylic acids is 1. The van der Waals surface area contributed by atoms with Crippen LogP contribution in [0, 0.1) is 0 Å². The maximum atomic E-state index is 14.8. The van der Waals surface area contributed by atoms with Gasteiger partial charge >= 0.3 is 19.4 Å². The molecule has 6 atom stereocenters. The molecule has 1 saturated heterocycles. The highest BCUT2D eigenvalue weighted by molar-refractivity contribution is 7.50. The number of ether oxygens (including phenoxy) is 1. The molecule has 2 rings (SSSR count). The molecule has 2 heterocycles. The van der Waals surface area contributed by atoms with Crippen LogP contribution in [-0.4, -0.2) is 61.3 Å². The van der Waals surface area contributed by atoms with Crippen LogP contribution >= 0.6 is 7.75 Å². The van der Waals surface area contributed by atoms with Crippen molar-refractivity contribution >= 4 is 19.5 Å². The number of hydrogen-bond donors (Lipinski definition) is 5. The fourth-order valence-corrected chi connectivity index (χ4v) is 3.44. The molecular weight excluding hydrogens is 420 g/mol. The maximum Gasteiger partial charge on any atom is 0.403 e. The van der Waals surface area contributed by atoms with Crippen molar-refractivity contribution in [3.8, 4) is 0 Å². The van der Waals surface area contributed by atoms with Gasteiger partial charge in [0.25, 0.3) is 0 Å². The number of nitrogens with two attached hydrogens (primary N) is 1.